The van der Waals surface area contributed by atoms with Crippen molar-refractivity contribution in [3.63, 3.8) is 0 Å². The van der Waals surface area contributed by atoms with E-state index in [2.05, 4.69) is 0 Å². The summed E-state index contributed by atoms with van der Waals surface area (Å²) in [7, 11) is 0. The zero-order valence-electron chi connectivity index (χ0n) is 21.6. The lowest BCUT2D eigenvalue weighted by Gasteiger charge is -2.53. The van der Waals surface area contributed by atoms with Crippen LogP contribution >= 0.6 is 0 Å². The highest BCUT2D eigenvalue weighted by molar-refractivity contribution is 5.69. The van der Waals surface area contributed by atoms with Gasteiger partial charge in [0, 0.05) is 18.8 Å². The Morgan fingerprint density at radius 3 is 2.06 bits per heavy atom. The molecule has 0 spiro atoms. The van der Waals surface area contributed by atoms with E-state index in [1.165, 1.54) is 0 Å². The summed E-state index contributed by atoms with van der Waals surface area (Å²) >= 11 is 0. The third-order valence-corrected chi connectivity index (χ3v) is 9.30. The van der Waals surface area contributed by atoms with Crippen molar-refractivity contribution in [3.05, 3.63) is 0 Å². The van der Waals surface area contributed by atoms with Gasteiger partial charge in [-0.05, 0) is 82.5 Å². The molecule has 196 valence electrons. The third-order valence-electron chi connectivity index (χ3n) is 9.30. The monoisotopic (exact) mass is 480 g/mol. The Balaban J connectivity index is 1.66. The van der Waals surface area contributed by atoms with Gasteiger partial charge < -0.3 is 19.7 Å². The van der Waals surface area contributed by atoms with E-state index in [1.807, 2.05) is 13.8 Å². The molecule has 3 aliphatic carbocycles. The summed E-state index contributed by atoms with van der Waals surface area (Å²) in [6.45, 7) is 4.55. The first kappa shape index (κ1) is 27.4. The number of carbonyl (C=O) groups is 2. The predicted octanol–water partition coefficient (Wildman–Crippen LogP) is 5.47. The molecule has 3 aliphatic rings. The zero-order valence-corrected chi connectivity index (χ0v) is 21.6. The molecule has 6 heteroatoms. The van der Waals surface area contributed by atoms with Crippen LogP contribution in [0, 0.1) is 16.7 Å². The Hall–Kier alpha value is -1.14. The van der Waals surface area contributed by atoms with Crippen molar-refractivity contribution >= 4 is 11.9 Å². The van der Waals surface area contributed by atoms with Crippen LogP contribution in [0.1, 0.15) is 123 Å². The maximum Gasteiger partial charge on any atom is 0.305 e. The number of carbonyl (C=O) groups excluding carboxylic acids is 2. The predicted molar refractivity (Wildman–Crippen MR) is 131 cm³/mol. The van der Waals surface area contributed by atoms with Crippen molar-refractivity contribution in [2.24, 2.45) is 16.7 Å². The number of esters is 2. The van der Waals surface area contributed by atoms with Gasteiger partial charge in [-0.3, -0.25) is 9.59 Å². The minimum Gasteiger partial charge on any atom is -0.466 e. The molecule has 3 saturated carbocycles. The molecular formula is C28H48O6. The average Bonchev–Trinajstić information content (AvgIpc) is 2.93. The molecule has 2 bridgehead atoms. The lowest BCUT2D eigenvalue weighted by Crippen LogP contribution is -2.51. The molecule has 34 heavy (non-hydrogen) atoms. The van der Waals surface area contributed by atoms with Crippen molar-refractivity contribution in [2.75, 3.05) is 13.2 Å². The minimum atomic E-state index is -0.742. The standard InChI is InChI=1S/C28H48O6/c1-3-33-23(30)14-7-5-9-16-26-17-12-20-28(32,21-26)25-22(29)13-11-19-27(25,26)18-10-6-8-15-24(31)34-4-2/h22,25,29,32H,3-21H2,1-2H3/t22-,25-,26+,27+,28+/m0/s1. The van der Waals surface area contributed by atoms with E-state index in [0.717, 1.165) is 96.3 Å². The number of hydrogen-bond acceptors (Lipinski definition) is 6. The van der Waals surface area contributed by atoms with E-state index >= 15 is 0 Å². The minimum absolute atomic E-state index is 0.0129. The molecular weight excluding hydrogens is 432 g/mol. The fourth-order valence-electron chi connectivity index (χ4n) is 8.24. The first-order chi connectivity index (χ1) is 16.3. The SMILES string of the molecule is CCOC(=O)CCCCC[C@@]12CCC[C@@](O)(C1)[C@H]1[C@@H](O)CCC[C@]12CCCCCC(=O)OCC. The van der Waals surface area contributed by atoms with Crippen LogP contribution in [0.5, 0.6) is 0 Å². The Kier molecular flexibility index (Phi) is 9.85. The first-order valence-corrected chi connectivity index (χ1v) is 14.0. The molecule has 0 radical (unpaired) electrons. The van der Waals surface area contributed by atoms with Gasteiger partial charge in [-0.15, -0.1) is 0 Å². The van der Waals surface area contributed by atoms with Crippen LogP contribution in [0.3, 0.4) is 0 Å². The highest BCUT2D eigenvalue weighted by Crippen LogP contribution is 2.73. The average molecular weight is 481 g/mol. The van der Waals surface area contributed by atoms with Crippen LogP contribution < -0.4 is 0 Å². The number of hydrogen-bond donors (Lipinski definition) is 2. The summed E-state index contributed by atoms with van der Waals surface area (Å²) in [5, 5.41) is 23.0. The highest BCUT2D eigenvalue weighted by Gasteiger charge is 2.71. The second-order valence-electron chi connectivity index (χ2n) is 11.2. The molecule has 3 fully saturated rings. The molecule has 2 N–H and O–H groups in total. The van der Waals surface area contributed by atoms with E-state index in [9.17, 15) is 19.8 Å². The molecule has 0 aromatic heterocycles. The number of aliphatic hydroxyl groups is 2. The van der Waals surface area contributed by atoms with Crippen molar-refractivity contribution in [3.8, 4) is 0 Å². The van der Waals surface area contributed by atoms with Crippen molar-refractivity contribution in [2.45, 2.75) is 135 Å². The van der Waals surface area contributed by atoms with Gasteiger partial charge in [0.05, 0.1) is 24.9 Å². The van der Waals surface area contributed by atoms with E-state index < -0.39 is 11.7 Å². The highest BCUT2D eigenvalue weighted by atomic mass is 16.5. The quantitative estimate of drug-likeness (QED) is 0.253. The molecule has 6 nitrogen and oxygen atoms in total. The van der Waals surface area contributed by atoms with Gasteiger partial charge in [0.2, 0.25) is 0 Å². The van der Waals surface area contributed by atoms with Gasteiger partial charge in [0.1, 0.15) is 0 Å². The molecule has 5 atom stereocenters. The number of unbranched alkanes of at least 4 members (excludes halogenated alkanes) is 4. The molecule has 0 aromatic rings. The maximum atomic E-state index is 11.8. The van der Waals surface area contributed by atoms with Crippen LogP contribution in [-0.4, -0.2) is 47.1 Å². The van der Waals surface area contributed by atoms with Crippen LogP contribution in [0.15, 0.2) is 0 Å². The molecule has 0 aromatic carbocycles. The summed E-state index contributed by atoms with van der Waals surface area (Å²) in [6, 6.07) is 0. The third kappa shape index (κ3) is 5.80. The summed E-state index contributed by atoms with van der Waals surface area (Å²) in [5.41, 5.74) is -0.675. The van der Waals surface area contributed by atoms with Crippen LogP contribution in [-0.2, 0) is 19.1 Å². The van der Waals surface area contributed by atoms with Crippen molar-refractivity contribution in [1.29, 1.82) is 0 Å². The first-order valence-electron chi connectivity index (χ1n) is 14.0. The summed E-state index contributed by atoms with van der Waals surface area (Å²) in [4.78, 5) is 23.4. The molecule has 0 unspecified atom stereocenters. The second kappa shape index (κ2) is 12.2. The smallest absolute Gasteiger partial charge is 0.305 e. The van der Waals surface area contributed by atoms with Gasteiger partial charge in [0.15, 0.2) is 0 Å². The lowest BCUT2D eigenvalue weighted by molar-refractivity contribution is -0.144. The van der Waals surface area contributed by atoms with Crippen molar-refractivity contribution in [1.82, 2.24) is 0 Å². The normalized spacial score (nSPS) is 34.5. The zero-order chi connectivity index (χ0) is 24.7. The topological polar surface area (TPSA) is 93.1 Å². The number of fused-ring (bicyclic) bond motifs is 5. The fourth-order valence-corrected chi connectivity index (χ4v) is 8.24. The van der Waals surface area contributed by atoms with Gasteiger partial charge in [-0.2, -0.15) is 0 Å². The molecule has 0 aliphatic heterocycles. The fraction of sp³-hybridized carbons (Fsp3) is 0.929. The summed E-state index contributed by atoms with van der Waals surface area (Å²) in [6.07, 6.45) is 15.1. The Bertz CT molecular complexity index is 680. The summed E-state index contributed by atoms with van der Waals surface area (Å²) < 4.78 is 10.1. The summed E-state index contributed by atoms with van der Waals surface area (Å²) in [5.74, 6) is -0.249. The van der Waals surface area contributed by atoms with E-state index in [1.54, 1.807) is 0 Å². The van der Waals surface area contributed by atoms with E-state index in [4.69, 9.17) is 9.47 Å². The molecule has 0 amide bonds. The van der Waals surface area contributed by atoms with Gasteiger partial charge in [0.25, 0.3) is 0 Å². The number of rotatable bonds is 14. The van der Waals surface area contributed by atoms with Crippen LogP contribution in [0.4, 0.5) is 0 Å². The number of aliphatic hydroxyl groups excluding tert-OH is 1. The molecule has 0 heterocycles. The number of ether oxygens (including phenoxy) is 2. The lowest BCUT2D eigenvalue weighted by atomic mass is 9.52. The van der Waals surface area contributed by atoms with Gasteiger partial charge >= 0.3 is 11.9 Å². The largest absolute Gasteiger partial charge is 0.466 e. The van der Waals surface area contributed by atoms with Gasteiger partial charge in [-0.1, -0.05) is 38.5 Å². The van der Waals surface area contributed by atoms with E-state index in [-0.39, 0.29) is 28.7 Å². The van der Waals surface area contributed by atoms with Crippen LogP contribution in [0.2, 0.25) is 0 Å². The maximum absolute atomic E-state index is 11.8. The Morgan fingerprint density at radius 1 is 0.824 bits per heavy atom. The van der Waals surface area contributed by atoms with Crippen LogP contribution in [0.25, 0.3) is 0 Å². The molecule has 3 rings (SSSR count). The Morgan fingerprint density at radius 2 is 1.44 bits per heavy atom. The Labute approximate surface area is 206 Å². The molecule has 0 saturated heterocycles. The van der Waals surface area contributed by atoms with E-state index in [0.29, 0.717) is 26.1 Å². The van der Waals surface area contributed by atoms with Gasteiger partial charge in [-0.25, -0.2) is 0 Å². The van der Waals surface area contributed by atoms with Crippen molar-refractivity contribution < 1.29 is 29.3 Å². The second-order valence-corrected chi connectivity index (χ2v) is 11.2.